The number of aromatic nitrogens is 2. The number of rotatable bonds is 17. The first-order valence-corrected chi connectivity index (χ1v) is 15.2. The van der Waals surface area contributed by atoms with Crippen LogP contribution in [0.15, 0.2) is 110 Å². The van der Waals surface area contributed by atoms with Crippen molar-refractivity contribution < 1.29 is 18.7 Å². The Hall–Kier alpha value is -3.83. The van der Waals surface area contributed by atoms with Crippen molar-refractivity contribution in [3.05, 3.63) is 121 Å². The summed E-state index contributed by atoms with van der Waals surface area (Å²) in [7, 11) is 0. The molecule has 5 heteroatoms. The minimum absolute atomic E-state index is 0.176. The molecule has 2 heterocycles. The molecule has 2 aromatic heterocycles. The van der Waals surface area contributed by atoms with Crippen LogP contribution in [0.25, 0.3) is 11.1 Å². The third kappa shape index (κ3) is 9.94. The van der Waals surface area contributed by atoms with Crippen LogP contribution in [0.5, 0.6) is 0 Å². The molecular formula is C36H45N3O2+2. The molecule has 0 aliphatic rings. The Morgan fingerprint density at radius 1 is 0.585 bits per heavy atom. The molecule has 0 fully saturated rings. The number of esters is 1. The molecule has 4 aromatic rings. The number of hydrogen-bond donors (Lipinski definition) is 1. The third-order valence-electron chi connectivity index (χ3n) is 7.54. The number of benzene rings is 2. The highest BCUT2D eigenvalue weighted by atomic mass is 16.5. The number of nitrogens with zero attached hydrogens (tertiary/aromatic N) is 2. The summed E-state index contributed by atoms with van der Waals surface area (Å²) in [6.07, 6.45) is 17.6. The van der Waals surface area contributed by atoms with Crippen LogP contribution in [0.1, 0.15) is 68.4 Å². The average molecular weight is 552 g/mol. The van der Waals surface area contributed by atoms with E-state index in [2.05, 4.69) is 58.2 Å². The molecule has 4 rings (SSSR count). The van der Waals surface area contributed by atoms with E-state index in [1.807, 2.05) is 60.7 Å². The maximum Gasteiger partial charge on any atom is 0.317 e. The van der Waals surface area contributed by atoms with Crippen LogP contribution < -0.4 is 14.9 Å². The van der Waals surface area contributed by atoms with E-state index in [1.165, 1.54) is 30.4 Å². The van der Waals surface area contributed by atoms with Gasteiger partial charge in [0, 0.05) is 37.1 Å². The number of pyridine rings is 2. The van der Waals surface area contributed by atoms with Gasteiger partial charge in [-0.1, -0.05) is 67.1 Å². The second-order valence-corrected chi connectivity index (χ2v) is 10.7. The van der Waals surface area contributed by atoms with Gasteiger partial charge in [-0.3, -0.25) is 4.79 Å². The summed E-state index contributed by atoms with van der Waals surface area (Å²) in [6.45, 7) is 3.30. The minimum Gasteiger partial charge on any atom is -0.465 e. The maximum atomic E-state index is 13.0. The largest absolute Gasteiger partial charge is 0.465 e. The molecule has 2 aromatic carbocycles. The first-order chi connectivity index (χ1) is 20.2. The number of nitrogens with two attached hydrogens (primary N) is 1. The van der Waals surface area contributed by atoms with Gasteiger partial charge < -0.3 is 10.5 Å². The number of aryl methyl sites for hydroxylation is 2. The van der Waals surface area contributed by atoms with Crippen molar-refractivity contribution in [2.75, 3.05) is 13.2 Å². The lowest BCUT2D eigenvalue weighted by atomic mass is 9.91. The Balaban J connectivity index is 1.14. The number of ether oxygens (including phenoxy) is 1. The molecule has 0 atom stereocenters. The Bertz CT molecular complexity index is 1240. The quantitative estimate of drug-likeness (QED) is 0.0941. The van der Waals surface area contributed by atoms with E-state index in [-0.39, 0.29) is 11.9 Å². The predicted octanol–water partition coefficient (Wildman–Crippen LogP) is 6.38. The normalized spacial score (nSPS) is 11.1. The molecule has 5 nitrogen and oxygen atoms in total. The number of carbonyl (C=O) groups is 1. The Morgan fingerprint density at radius 3 is 1.49 bits per heavy atom. The second kappa shape index (κ2) is 17.1. The van der Waals surface area contributed by atoms with Gasteiger partial charge in [-0.05, 0) is 60.9 Å². The van der Waals surface area contributed by atoms with Crippen LogP contribution in [0.4, 0.5) is 0 Å². The molecule has 214 valence electrons. The van der Waals surface area contributed by atoms with Gasteiger partial charge in [0.1, 0.15) is 19.0 Å². The summed E-state index contributed by atoms with van der Waals surface area (Å²) < 4.78 is 10.2. The number of unbranched alkanes of at least 4 members (excludes halogenated alkanes) is 6. The Morgan fingerprint density at radius 2 is 1.02 bits per heavy atom. The van der Waals surface area contributed by atoms with Crippen molar-refractivity contribution in [3.8, 4) is 11.1 Å². The van der Waals surface area contributed by atoms with Gasteiger partial charge in [-0.15, -0.1) is 0 Å². The van der Waals surface area contributed by atoms with E-state index >= 15 is 0 Å². The molecule has 0 spiro atoms. The second-order valence-electron chi connectivity index (χ2n) is 10.7. The molecule has 0 aliphatic heterocycles. The van der Waals surface area contributed by atoms with Crippen molar-refractivity contribution in [1.29, 1.82) is 0 Å². The number of hydrogen-bond acceptors (Lipinski definition) is 3. The molecule has 2 N–H and O–H groups in total. The highest BCUT2D eigenvalue weighted by Gasteiger charge is 2.23. The summed E-state index contributed by atoms with van der Waals surface area (Å²) in [5, 5.41) is 0. The summed E-state index contributed by atoms with van der Waals surface area (Å²) in [5.74, 6) is -0.561. The van der Waals surface area contributed by atoms with Crippen LogP contribution in [-0.2, 0) is 22.6 Å². The van der Waals surface area contributed by atoms with Crippen LogP contribution >= 0.6 is 0 Å². The lowest BCUT2D eigenvalue weighted by Crippen LogP contribution is -2.33. The van der Waals surface area contributed by atoms with E-state index < -0.39 is 0 Å². The molecule has 0 saturated heterocycles. The fourth-order valence-corrected chi connectivity index (χ4v) is 5.15. The average Bonchev–Trinajstić information content (AvgIpc) is 3.02. The van der Waals surface area contributed by atoms with Gasteiger partial charge >= 0.3 is 5.97 Å². The van der Waals surface area contributed by atoms with Crippen LogP contribution in [0.2, 0.25) is 0 Å². The molecule has 0 radical (unpaired) electrons. The van der Waals surface area contributed by atoms with Gasteiger partial charge in [-0.25, -0.2) is 9.13 Å². The zero-order valence-electron chi connectivity index (χ0n) is 24.2. The molecular weight excluding hydrogens is 506 g/mol. The van der Waals surface area contributed by atoms with Crippen molar-refractivity contribution in [2.45, 2.75) is 70.4 Å². The van der Waals surface area contributed by atoms with Crippen molar-refractivity contribution in [1.82, 2.24) is 0 Å². The smallest absolute Gasteiger partial charge is 0.317 e. The summed E-state index contributed by atoms with van der Waals surface area (Å²) in [6, 6.07) is 28.6. The van der Waals surface area contributed by atoms with E-state index in [4.69, 9.17) is 10.5 Å². The first-order valence-electron chi connectivity index (χ1n) is 15.2. The highest BCUT2D eigenvalue weighted by Crippen LogP contribution is 2.26. The van der Waals surface area contributed by atoms with Gasteiger partial charge in [0.05, 0.1) is 6.61 Å². The van der Waals surface area contributed by atoms with Gasteiger partial charge in [0.25, 0.3) is 0 Å². The monoisotopic (exact) mass is 551 g/mol. The zero-order valence-corrected chi connectivity index (χ0v) is 24.2. The predicted molar refractivity (Wildman–Crippen MR) is 164 cm³/mol. The van der Waals surface area contributed by atoms with E-state index in [0.29, 0.717) is 6.61 Å². The zero-order chi connectivity index (χ0) is 28.5. The SMILES string of the molecule is NCCCCCC[n+]1ccc(-c2cc[n+](CCCCCCOC(=O)C(c3ccccc3)c3ccccc3)cc2)cc1. The van der Waals surface area contributed by atoms with E-state index in [9.17, 15) is 4.79 Å². The fourth-order valence-electron chi connectivity index (χ4n) is 5.15. The summed E-state index contributed by atoms with van der Waals surface area (Å²) >= 11 is 0. The van der Waals surface area contributed by atoms with Crippen molar-refractivity contribution >= 4 is 5.97 Å². The number of carbonyl (C=O) groups excluding carboxylic acids is 1. The highest BCUT2D eigenvalue weighted by molar-refractivity contribution is 5.82. The van der Waals surface area contributed by atoms with E-state index in [1.54, 1.807) is 0 Å². The fraction of sp³-hybridized carbons (Fsp3) is 0.361. The van der Waals surface area contributed by atoms with Crippen molar-refractivity contribution in [2.24, 2.45) is 5.73 Å². The first kappa shape index (κ1) is 30.1. The van der Waals surface area contributed by atoms with Gasteiger partial charge in [0.15, 0.2) is 24.8 Å². The molecule has 0 bridgehead atoms. The van der Waals surface area contributed by atoms with Gasteiger partial charge in [0.2, 0.25) is 0 Å². The van der Waals surface area contributed by atoms with Crippen LogP contribution in [0, 0.1) is 0 Å². The van der Waals surface area contributed by atoms with Crippen LogP contribution in [0.3, 0.4) is 0 Å². The lowest BCUT2D eigenvalue weighted by molar-refractivity contribution is -0.697. The minimum atomic E-state index is -0.384. The Kier molecular flexibility index (Phi) is 12.6. The molecule has 0 saturated carbocycles. The standard InChI is InChI=1S/C36H45N3O2/c37-23-11-1-2-12-24-38-26-19-31(20-27-38)32-21-28-39(29-22-32)25-13-3-4-14-30-41-36(40)35(33-15-7-5-8-16-33)34-17-9-6-10-18-34/h5-10,15-22,26-29,35H,1-4,11-14,23-25,30,37H2/q+2. The maximum absolute atomic E-state index is 13.0. The molecule has 0 aliphatic carbocycles. The topological polar surface area (TPSA) is 60.1 Å². The van der Waals surface area contributed by atoms with Crippen LogP contribution in [-0.4, -0.2) is 19.1 Å². The van der Waals surface area contributed by atoms with E-state index in [0.717, 1.165) is 62.9 Å². The van der Waals surface area contributed by atoms with Gasteiger partial charge in [-0.2, -0.15) is 0 Å². The summed E-state index contributed by atoms with van der Waals surface area (Å²) in [5.41, 5.74) is 9.99. The molecule has 0 unspecified atom stereocenters. The third-order valence-corrected chi connectivity index (χ3v) is 7.54. The van der Waals surface area contributed by atoms with Crippen molar-refractivity contribution in [3.63, 3.8) is 0 Å². The lowest BCUT2D eigenvalue weighted by Gasteiger charge is -2.17. The summed E-state index contributed by atoms with van der Waals surface area (Å²) in [4.78, 5) is 13.0. The molecule has 41 heavy (non-hydrogen) atoms. The Labute approximate surface area is 245 Å². The molecule has 0 amide bonds.